The van der Waals surface area contributed by atoms with E-state index in [-0.39, 0.29) is 6.61 Å². The van der Waals surface area contributed by atoms with E-state index in [1.54, 1.807) is 0 Å². The van der Waals surface area contributed by atoms with Crippen LogP contribution in [0.5, 0.6) is 0 Å². The summed E-state index contributed by atoms with van der Waals surface area (Å²) in [5.41, 5.74) is 1.05. The molecule has 0 aromatic carbocycles. The molecule has 1 heteroatoms. The molecule has 0 N–H and O–H groups in total. The molecule has 0 unspecified atom stereocenters. The van der Waals surface area contributed by atoms with Crippen LogP contribution in [0.3, 0.4) is 0 Å². The van der Waals surface area contributed by atoms with E-state index in [4.69, 9.17) is 0 Å². The molecule has 53 valence electrons. The third-order valence-electron chi connectivity index (χ3n) is 1.36. The Balaban J connectivity index is 3.48. The van der Waals surface area contributed by atoms with Crippen molar-refractivity contribution in [1.82, 2.24) is 0 Å². The van der Waals surface area contributed by atoms with Gasteiger partial charge >= 0.3 is 0 Å². The molecule has 0 atom stereocenters. The molecular formula is C8H15O. The highest BCUT2D eigenvalue weighted by molar-refractivity contribution is 5.00. The first kappa shape index (κ1) is 8.70. The molecule has 0 aliphatic carbocycles. The predicted molar refractivity (Wildman–Crippen MR) is 38.8 cm³/mol. The van der Waals surface area contributed by atoms with Crippen molar-refractivity contribution >= 4 is 0 Å². The highest BCUT2D eigenvalue weighted by Crippen LogP contribution is 2.01. The zero-order chi connectivity index (χ0) is 7.11. The standard InChI is InChI=1S/C8H15O/c1-3-5-6-8(4-2)7-9/h6H,3-5,7H2,1-2H3/b8-6+. The van der Waals surface area contributed by atoms with Crippen LogP contribution in [0.15, 0.2) is 11.6 Å². The number of allylic oxidation sites excluding steroid dienone is 1. The van der Waals surface area contributed by atoms with E-state index >= 15 is 0 Å². The highest BCUT2D eigenvalue weighted by atomic mass is 16.3. The first-order valence-electron chi connectivity index (χ1n) is 3.61. The first-order chi connectivity index (χ1) is 4.35. The topological polar surface area (TPSA) is 19.9 Å². The fourth-order valence-corrected chi connectivity index (χ4v) is 0.654. The van der Waals surface area contributed by atoms with Crippen molar-refractivity contribution in [3.8, 4) is 0 Å². The van der Waals surface area contributed by atoms with Gasteiger partial charge < -0.3 is 0 Å². The van der Waals surface area contributed by atoms with Gasteiger partial charge in [-0.25, -0.2) is 5.11 Å². The van der Waals surface area contributed by atoms with Crippen LogP contribution in [-0.2, 0) is 5.11 Å². The molecule has 1 radical (unpaired) electrons. The average molecular weight is 127 g/mol. The van der Waals surface area contributed by atoms with Crippen molar-refractivity contribution in [2.24, 2.45) is 0 Å². The number of rotatable bonds is 4. The molecule has 0 amide bonds. The number of hydrogen-bond donors (Lipinski definition) is 0. The largest absolute Gasteiger partial charge is 0.232 e. The van der Waals surface area contributed by atoms with E-state index in [0.717, 1.165) is 24.8 Å². The molecule has 0 aromatic rings. The Bertz CT molecular complexity index is 78.6. The molecule has 9 heavy (non-hydrogen) atoms. The third-order valence-corrected chi connectivity index (χ3v) is 1.36. The lowest BCUT2D eigenvalue weighted by Gasteiger charge is -1.94. The maximum atomic E-state index is 10.3. The zero-order valence-electron chi connectivity index (χ0n) is 6.31. The molecule has 1 nitrogen and oxygen atoms in total. The summed E-state index contributed by atoms with van der Waals surface area (Å²) in [5, 5.41) is 10.3. The SMILES string of the molecule is CCC/C=C(\CC)C[O]. The van der Waals surface area contributed by atoms with Crippen LogP contribution in [0.1, 0.15) is 33.1 Å². The van der Waals surface area contributed by atoms with Gasteiger partial charge in [0, 0.05) is 0 Å². The number of unbranched alkanes of at least 4 members (excludes halogenated alkanes) is 1. The van der Waals surface area contributed by atoms with Gasteiger partial charge in [0.25, 0.3) is 0 Å². The lowest BCUT2D eigenvalue weighted by molar-refractivity contribution is 0.220. The summed E-state index contributed by atoms with van der Waals surface area (Å²) >= 11 is 0. The van der Waals surface area contributed by atoms with E-state index in [9.17, 15) is 5.11 Å². The van der Waals surface area contributed by atoms with Crippen LogP contribution in [0.25, 0.3) is 0 Å². The van der Waals surface area contributed by atoms with Gasteiger partial charge in [0.2, 0.25) is 0 Å². The fraction of sp³-hybridized carbons (Fsp3) is 0.750. The Morgan fingerprint density at radius 2 is 2.11 bits per heavy atom. The molecule has 0 fully saturated rings. The second-order valence-electron chi connectivity index (χ2n) is 2.15. The van der Waals surface area contributed by atoms with Gasteiger partial charge in [-0.1, -0.05) is 26.3 Å². The van der Waals surface area contributed by atoms with E-state index in [1.807, 2.05) is 6.92 Å². The van der Waals surface area contributed by atoms with Crippen molar-refractivity contribution in [1.29, 1.82) is 0 Å². The Kier molecular flexibility index (Phi) is 5.64. The first-order valence-corrected chi connectivity index (χ1v) is 3.61. The summed E-state index contributed by atoms with van der Waals surface area (Å²) in [7, 11) is 0. The molecule has 0 aliphatic heterocycles. The van der Waals surface area contributed by atoms with Gasteiger partial charge in [0.1, 0.15) is 6.61 Å². The molecule has 0 rings (SSSR count). The maximum absolute atomic E-state index is 10.3. The molecule has 0 bridgehead atoms. The van der Waals surface area contributed by atoms with Crippen LogP contribution in [0.2, 0.25) is 0 Å². The van der Waals surface area contributed by atoms with E-state index < -0.39 is 0 Å². The van der Waals surface area contributed by atoms with Gasteiger partial charge in [-0.05, 0) is 18.4 Å². The van der Waals surface area contributed by atoms with Gasteiger partial charge in [-0.2, -0.15) is 0 Å². The Morgan fingerprint density at radius 3 is 2.44 bits per heavy atom. The van der Waals surface area contributed by atoms with Crippen molar-refractivity contribution in [3.05, 3.63) is 11.6 Å². The van der Waals surface area contributed by atoms with Crippen molar-refractivity contribution < 1.29 is 5.11 Å². The Labute approximate surface area is 57.4 Å². The van der Waals surface area contributed by atoms with Crippen molar-refractivity contribution in [2.45, 2.75) is 33.1 Å². The van der Waals surface area contributed by atoms with Crippen molar-refractivity contribution in [2.75, 3.05) is 6.61 Å². The summed E-state index contributed by atoms with van der Waals surface area (Å²) in [6.07, 6.45) is 5.19. The van der Waals surface area contributed by atoms with Crippen LogP contribution < -0.4 is 0 Å². The summed E-state index contributed by atoms with van der Waals surface area (Å²) in [6, 6.07) is 0. The molecule has 0 spiro atoms. The van der Waals surface area contributed by atoms with E-state index in [0.29, 0.717) is 0 Å². The van der Waals surface area contributed by atoms with Crippen molar-refractivity contribution in [3.63, 3.8) is 0 Å². The minimum absolute atomic E-state index is 0.0174. The average Bonchev–Trinajstić information content (AvgIpc) is 1.91. The second kappa shape index (κ2) is 5.83. The molecule has 0 aliphatic rings. The van der Waals surface area contributed by atoms with E-state index in [2.05, 4.69) is 13.0 Å². The highest BCUT2D eigenvalue weighted by Gasteiger charge is 1.88. The summed E-state index contributed by atoms with van der Waals surface area (Å²) in [5.74, 6) is 0. The smallest absolute Gasteiger partial charge is 0.103 e. The predicted octanol–water partition coefficient (Wildman–Crippen LogP) is 2.55. The van der Waals surface area contributed by atoms with Crippen LogP contribution in [0.4, 0.5) is 0 Å². The van der Waals surface area contributed by atoms with Gasteiger partial charge in [-0.15, -0.1) is 0 Å². The summed E-state index contributed by atoms with van der Waals surface area (Å²) in [4.78, 5) is 0. The van der Waals surface area contributed by atoms with Gasteiger partial charge in [0.15, 0.2) is 0 Å². The summed E-state index contributed by atoms with van der Waals surface area (Å²) < 4.78 is 0. The second-order valence-corrected chi connectivity index (χ2v) is 2.15. The van der Waals surface area contributed by atoms with Crippen LogP contribution in [0, 0.1) is 0 Å². The quantitative estimate of drug-likeness (QED) is 0.517. The number of hydrogen-bond acceptors (Lipinski definition) is 0. The Morgan fingerprint density at radius 1 is 1.44 bits per heavy atom. The molecule has 0 aromatic heterocycles. The molecular weight excluding hydrogens is 112 g/mol. The van der Waals surface area contributed by atoms with E-state index in [1.165, 1.54) is 0 Å². The van der Waals surface area contributed by atoms with Gasteiger partial charge in [0.05, 0.1) is 0 Å². The van der Waals surface area contributed by atoms with Gasteiger partial charge in [-0.3, -0.25) is 0 Å². The normalized spacial score (nSPS) is 12.1. The lowest BCUT2D eigenvalue weighted by Crippen LogP contribution is -1.85. The monoisotopic (exact) mass is 127 g/mol. The molecule has 0 heterocycles. The fourth-order valence-electron chi connectivity index (χ4n) is 0.654. The zero-order valence-corrected chi connectivity index (χ0v) is 6.31. The summed E-state index contributed by atoms with van der Waals surface area (Å²) in [6.45, 7) is 4.13. The lowest BCUT2D eigenvalue weighted by atomic mass is 10.1. The van der Waals surface area contributed by atoms with Crippen LogP contribution in [-0.4, -0.2) is 6.61 Å². The maximum Gasteiger partial charge on any atom is 0.103 e. The molecule has 0 saturated carbocycles. The minimum atomic E-state index is -0.0174. The molecule has 0 saturated heterocycles. The Hall–Kier alpha value is -0.300. The minimum Gasteiger partial charge on any atom is -0.232 e. The third kappa shape index (κ3) is 4.22. The van der Waals surface area contributed by atoms with Crippen LogP contribution >= 0.6 is 0 Å².